The molecule has 3 nitrogen and oxygen atoms in total. The van der Waals surface area contributed by atoms with E-state index in [2.05, 4.69) is 35.1 Å². The Morgan fingerprint density at radius 1 is 1.67 bits per heavy atom. The Bertz CT molecular complexity index is 225. The number of ether oxygens (including phenoxy) is 1. The number of carbonyl (C=O) groups is 1. The molecule has 1 N–H and O–H groups in total. The van der Waals surface area contributed by atoms with Gasteiger partial charge in [-0.1, -0.05) is 29.8 Å². The lowest BCUT2D eigenvalue weighted by atomic mass is 10.1. The molecule has 1 aliphatic rings. The number of amides is 1. The summed E-state index contributed by atoms with van der Waals surface area (Å²) in [4.78, 5) is 11.8. The predicted octanol–water partition coefficient (Wildman–Crippen LogP) is 1.95. The first-order valence-corrected chi connectivity index (χ1v) is 6.48. The van der Waals surface area contributed by atoms with Gasteiger partial charge in [-0.3, -0.25) is 4.79 Å². The van der Waals surface area contributed by atoms with Crippen LogP contribution in [0, 0.1) is 11.3 Å². The molecule has 1 amide bonds. The van der Waals surface area contributed by atoms with Crippen LogP contribution in [0.25, 0.3) is 0 Å². The van der Waals surface area contributed by atoms with Crippen LogP contribution in [0.2, 0.25) is 0 Å². The number of alkyl halides is 1. The number of rotatable bonds is 6. The Kier molecular flexibility index (Phi) is 4.59. The maximum Gasteiger partial charge on any atom is 0.223 e. The SMILES string of the molecule is COCC(CCBr)NC(=O)C1CC1(C)C. The molecule has 0 aromatic rings. The fourth-order valence-corrected chi connectivity index (χ4v) is 2.30. The van der Waals surface area contributed by atoms with Gasteiger partial charge < -0.3 is 10.1 Å². The van der Waals surface area contributed by atoms with Crippen molar-refractivity contribution in [3.05, 3.63) is 0 Å². The summed E-state index contributed by atoms with van der Waals surface area (Å²) >= 11 is 3.38. The van der Waals surface area contributed by atoms with Gasteiger partial charge in [0.05, 0.1) is 12.6 Å². The summed E-state index contributed by atoms with van der Waals surface area (Å²) in [5.74, 6) is 0.384. The summed E-state index contributed by atoms with van der Waals surface area (Å²) in [6.45, 7) is 4.85. The van der Waals surface area contributed by atoms with Crippen molar-refractivity contribution in [2.75, 3.05) is 19.0 Å². The van der Waals surface area contributed by atoms with Crippen molar-refractivity contribution in [1.82, 2.24) is 5.32 Å². The molecule has 1 rings (SSSR count). The molecular formula is C11H20BrNO2. The molecule has 1 fully saturated rings. The molecule has 1 saturated carbocycles. The Hall–Kier alpha value is -0.0900. The van der Waals surface area contributed by atoms with Gasteiger partial charge in [0.25, 0.3) is 0 Å². The largest absolute Gasteiger partial charge is 0.383 e. The topological polar surface area (TPSA) is 38.3 Å². The summed E-state index contributed by atoms with van der Waals surface area (Å²) in [6.07, 6.45) is 1.92. The van der Waals surface area contributed by atoms with E-state index in [0.717, 1.165) is 18.2 Å². The predicted molar refractivity (Wildman–Crippen MR) is 64.1 cm³/mol. The lowest BCUT2D eigenvalue weighted by Crippen LogP contribution is -2.39. The molecular weight excluding hydrogens is 258 g/mol. The van der Waals surface area contributed by atoms with E-state index < -0.39 is 0 Å². The van der Waals surface area contributed by atoms with Gasteiger partial charge in [-0.05, 0) is 18.3 Å². The highest BCUT2D eigenvalue weighted by Crippen LogP contribution is 2.51. The van der Waals surface area contributed by atoms with Crippen LogP contribution in [0.3, 0.4) is 0 Å². The summed E-state index contributed by atoms with van der Waals surface area (Å²) in [5.41, 5.74) is 0.204. The van der Waals surface area contributed by atoms with Crippen molar-refractivity contribution >= 4 is 21.8 Å². The van der Waals surface area contributed by atoms with Crippen molar-refractivity contribution < 1.29 is 9.53 Å². The Morgan fingerprint density at radius 2 is 2.27 bits per heavy atom. The molecule has 0 bridgehead atoms. The number of methoxy groups -OCH3 is 1. The molecule has 0 spiro atoms. The van der Waals surface area contributed by atoms with Crippen molar-refractivity contribution in [3.63, 3.8) is 0 Å². The molecule has 0 saturated heterocycles. The molecule has 0 aliphatic heterocycles. The molecule has 0 radical (unpaired) electrons. The monoisotopic (exact) mass is 277 g/mol. The summed E-state index contributed by atoms with van der Waals surface area (Å²) < 4.78 is 5.07. The van der Waals surface area contributed by atoms with Gasteiger partial charge >= 0.3 is 0 Å². The van der Waals surface area contributed by atoms with Crippen LogP contribution < -0.4 is 5.32 Å². The Balaban J connectivity index is 2.34. The highest BCUT2D eigenvalue weighted by atomic mass is 79.9. The molecule has 4 heteroatoms. The van der Waals surface area contributed by atoms with Gasteiger partial charge in [0, 0.05) is 18.4 Å². The van der Waals surface area contributed by atoms with Crippen molar-refractivity contribution in [2.45, 2.75) is 32.7 Å². The summed E-state index contributed by atoms with van der Waals surface area (Å²) in [5, 5.41) is 3.93. The van der Waals surface area contributed by atoms with E-state index in [1.54, 1.807) is 7.11 Å². The van der Waals surface area contributed by atoms with Crippen molar-refractivity contribution in [3.8, 4) is 0 Å². The smallest absolute Gasteiger partial charge is 0.223 e. The van der Waals surface area contributed by atoms with Crippen LogP contribution in [0.1, 0.15) is 26.7 Å². The number of hydrogen-bond donors (Lipinski definition) is 1. The van der Waals surface area contributed by atoms with E-state index >= 15 is 0 Å². The standard InChI is InChI=1S/C11H20BrNO2/c1-11(2)6-9(11)10(14)13-8(4-5-12)7-15-3/h8-9H,4-7H2,1-3H3,(H,13,14). The van der Waals surface area contributed by atoms with E-state index in [1.807, 2.05) is 0 Å². The second kappa shape index (κ2) is 5.30. The molecule has 15 heavy (non-hydrogen) atoms. The fraction of sp³-hybridized carbons (Fsp3) is 0.909. The van der Waals surface area contributed by atoms with Gasteiger partial charge in [0.2, 0.25) is 5.91 Å². The Labute approximate surface area is 100 Å². The molecule has 0 aromatic heterocycles. The quantitative estimate of drug-likeness (QED) is 0.754. The van der Waals surface area contributed by atoms with Gasteiger partial charge in [-0.15, -0.1) is 0 Å². The highest BCUT2D eigenvalue weighted by molar-refractivity contribution is 9.09. The lowest BCUT2D eigenvalue weighted by Gasteiger charge is -2.17. The van der Waals surface area contributed by atoms with Gasteiger partial charge in [0.15, 0.2) is 0 Å². The van der Waals surface area contributed by atoms with Crippen LogP contribution >= 0.6 is 15.9 Å². The number of carbonyl (C=O) groups excluding carboxylic acids is 1. The first-order valence-electron chi connectivity index (χ1n) is 5.36. The van der Waals surface area contributed by atoms with Crippen LogP contribution in [-0.4, -0.2) is 31.0 Å². The number of halogens is 1. The van der Waals surface area contributed by atoms with Crippen molar-refractivity contribution in [1.29, 1.82) is 0 Å². The van der Waals surface area contributed by atoms with Crippen molar-refractivity contribution in [2.24, 2.45) is 11.3 Å². The third-order valence-corrected chi connectivity index (χ3v) is 3.46. The number of nitrogens with one attached hydrogen (secondary N) is 1. The minimum absolute atomic E-state index is 0.137. The summed E-state index contributed by atoms with van der Waals surface area (Å²) in [6, 6.07) is 0.137. The zero-order valence-electron chi connectivity index (χ0n) is 9.68. The normalized spacial score (nSPS) is 24.7. The molecule has 0 aromatic carbocycles. The zero-order valence-corrected chi connectivity index (χ0v) is 11.3. The van der Waals surface area contributed by atoms with Crippen LogP contribution in [-0.2, 0) is 9.53 Å². The fourth-order valence-electron chi connectivity index (χ4n) is 1.75. The summed E-state index contributed by atoms with van der Waals surface area (Å²) in [7, 11) is 1.66. The average molecular weight is 278 g/mol. The van der Waals surface area contributed by atoms with E-state index in [0.29, 0.717) is 6.61 Å². The van der Waals surface area contributed by atoms with Crippen LogP contribution in [0.5, 0.6) is 0 Å². The van der Waals surface area contributed by atoms with E-state index in [9.17, 15) is 4.79 Å². The lowest BCUT2D eigenvalue weighted by molar-refractivity contribution is -0.124. The molecule has 2 atom stereocenters. The average Bonchev–Trinajstić information content (AvgIpc) is 2.76. The van der Waals surface area contributed by atoms with E-state index in [4.69, 9.17) is 4.74 Å². The molecule has 88 valence electrons. The van der Waals surface area contributed by atoms with Gasteiger partial charge in [-0.25, -0.2) is 0 Å². The van der Waals surface area contributed by atoms with Crippen LogP contribution in [0.15, 0.2) is 0 Å². The van der Waals surface area contributed by atoms with E-state index in [1.165, 1.54) is 0 Å². The van der Waals surface area contributed by atoms with Gasteiger partial charge in [-0.2, -0.15) is 0 Å². The maximum absolute atomic E-state index is 11.8. The molecule has 1 aliphatic carbocycles. The van der Waals surface area contributed by atoms with E-state index in [-0.39, 0.29) is 23.3 Å². The first-order chi connectivity index (χ1) is 7.01. The minimum atomic E-state index is 0.137. The maximum atomic E-state index is 11.8. The minimum Gasteiger partial charge on any atom is -0.383 e. The molecule has 2 unspecified atom stereocenters. The first kappa shape index (κ1) is 13.0. The highest BCUT2D eigenvalue weighted by Gasteiger charge is 2.50. The molecule has 0 heterocycles. The van der Waals surface area contributed by atoms with Crippen LogP contribution in [0.4, 0.5) is 0 Å². The van der Waals surface area contributed by atoms with Gasteiger partial charge in [0.1, 0.15) is 0 Å². The zero-order chi connectivity index (χ0) is 11.5. The number of hydrogen-bond acceptors (Lipinski definition) is 2. The second-order valence-corrected chi connectivity index (χ2v) is 5.68. The Morgan fingerprint density at radius 3 is 2.67 bits per heavy atom. The second-order valence-electron chi connectivity index (χ2n) is 4.88. The third kappa shape index (κ3) is 3.76. The third-order valence-electron chi connectivity index (χ3n) is 3.00.